The van der Waals surface area contributed by atoms with Crippen LogP contribution in [-0.4, -0.2) is 0 Å². The van der Waals surface area contributed by atoms with Gasteiger partial charge in [-0.15, -0.1) is 11.3 Å². The van der Waals surface area contributed by atoms with Gasteiger partial charge in [-0.3, -0.25) is 0 Å². The van der Waals surface area contributed by atoms with Crippen molar-refractivity contribution in [2.75, 3.05) is 0 Å². The predicted molar refractivity (Wildman–Crippen MR) is 63.6 cm³/mol. The van der Waals surface area contributed by atoms with E-state index in [0.29, 0.717) is 0 Å². The minimum absolute atomic E-state index is 1.09. The highest BCUT2D eigenvalue weighted by Gasteiger charge is 2.05. The van der Waals surface area contributed by atoms with E-state index in [0.717, 1.165) is 6.42 Å². The first kappa shape index (κ1) is 8.01. The largest absolute Gasteiger partial charge is 0.135 e. The maximum absolute atomic E-state index is 2.28. The van der Waals surface area contributed by atoms with Crippen molar-refractivity contribution < 1.29 is 0 Å². The Morgan fingerprint density at radius 1 is 1.14 bits per heavy atom. The van der Waals surface area contributed by atoms with Crippen molar-refractivity contribution in [2.45, 2.75) is 6.42 Å². The molecule has 0 N–H and O–H groups in total. The number of allylic oxidation sites excluding steroid dienone is 4. The predicted octanol–water partition coefficient (Wildman–Crippen LogP) is 4.24. The van der Waals surface area contributed by atoms with E-state index in [2.05, 4.69) is 48.6 Å². The van der Waals surface area contributed by atoms with Crippen molar-refractivity contribution in [1.29, 1.82) is 0 Å². The van der Waals surface area contributed by atoms with Gasteiger partial charge in [-0.2, -0.15) is 0 Å². The molecule has 0 saturated carbocycles. The number of rotatable bonds is 1. The fourth-order valence-electron chi connectivity index (χ4n) is 1.76. The molecule has 3 rings (SSSR count). The average Bonchev–Trinajstić information content (AvgIpc) is 2.86. The number of hydrogen-bond acceptors (Lipinski definition) is 1. The summed E-state index contributed by atoms with van der Waals surface area (Å²) >= 11 is 1.87. The molecule has 0 bridgehead atoms. The van der Waals surface area contributed by atoms with Crippen LogP contribution in [0.25, 0.3) is 15.7 Å². The second-order valence-corrected chi connectivity index (χ2v) is 4.53. The first-order valence-corrected chi connectivity index (χ1v) is 5.61. The van der Waals surface area contributed by atoms with Gasteiger partial charge in [-0.25, -0.2) is 0 Å². The van der Waals surface area contributed by atoms with Crippen molar-refractivity contribution in [3.05, 3.63) is 53.4 Å². The molecule has 1 aliphatic carbocycles. The average molecular weight is 198 g/mol. The Hall–Kier alpha value is -1.34. The molecule has 0 amide bonds. The lowest BCUT2D eigenvalue weighted by atomic mass is 10.2. The summed E-state index contributed by atoms with van der Waals surface area (Å²) in [5.74, 6) is 0. The SMILES string of the molecule is C1=CC(c2cc3ccccc3s2)=CC1. The van der Waals surface area contributed by atoms with Crippen LogP contribution in [0.5, 0.6) is 0 Å². The van der Waals surface area contributed by atoms with Crippen LogP contribution in [0.15, 0.2) is 48.6 Å². The molecule has 1 aromatic carbocycles. The highest BCUT2D eigenvalue weighted by Crippen LogP contribution is 2.32. The molecule has 68 valence electrons. The maximum atomic E-state index is 2.28. The molecule has 0 fully saturated rings. The van der Waals surface area contributed by atoms with Gasteiger partial charge in [0.2, 0.25) is 0 Å². The zero-order chi connectivity index (χ0) is 9.38. The Labute approximate surface area is 87.2 Å². The van der Waals surface area contributed by atoms with E-state index in [9.17, 15) is 0 Å². The number of fused-ring (bicyclic) bond motifs is 1. The molecule has 0 saturated heterocycles. The van der Waals surface area contributed by atoms with E-state index in [4.69, 9.17) is 0 Å². The van der Waals surface area contributed by atoms with Crippen LogP contribution in [0.2, 0.25) is 0 Å². The summed E-state index contributed by atoms with van der Waals surface area (Å²) in [5.41, 5.74) is 1.38. The summed E-state index contributed by atoms with van der Waals surface area (Å²) in [6.45, 7) is 0. The van der Waals surface area contributed by atoms with Crippen LogP contribution in [0, 0.1) is 0 Å². The van der Waals surface area contributed by atoms with Gasteiger partial charge in [0, 0.05) is 9.58 Å². The normalized spacial score (nSPS) is 15.0. The molecule has 0 atom stereocenters. The van der Waals surface area contributed by atoms with E-state index < -0.39 is 0 Å². The fraction of sp³-hybridized carbons (Fsp3) is 0.0769. The fourth-order valence-corrected chi connectivity index (χ4v) is 2.85. The zero-order valence-corrected chi connectivity index (χ0v) is 8.55. The van der Waals surface area contributed by atoms with E-state index in [1.165, 1.54) is 20.5 Å². The van der Waals surface area contributed by atoms with Gasteiger partial charge in [-0.1, -0.05) is 36.4 Å². The van der Waals surface area contributed by atoms with Crippen molar-refractivity contribution >= 4 is 27.0 Å². The summed E-state index contributed by atoms with van der Waals surface area (Å²) in [7, 11) is 0. The van der Waals surface area contributed by atoms with Crippen LogP contribution in [0.3, 0.4) is 0 Å². The van der Waals surface area contributed by atoms with E-state index in [1.54, 1.807) is 0 Å². The molecule has 2 aromatic rings. The van der Waals surface area contributed by atoms with Crippen molar-refractivity contribution in [3.63, 3.8) is 0 Å². The Bertz CT molecular complexity index is 496. The van der Waals surface area contributed by atoms with E-state index in [-0.39, 0.29) is 0 Å². The molecule has 1 heteroatoms. The minimum atomic E-state index is 1.09. The van der Waals surface area contributed by atoms with Crippen molar-refractivity contribution in [1.82, 2.24) is 0 Å². The Balaban J connectivity index is 2.19. The Kier molecular flexibility index (Phi) is 1.78. The lowest BCUT2D eigenvalue weighted by Crippen LogP contribution is -1.66. The van der Waals surface area contributed by atoms with Gasteiger partial charge in [-0.05, 0) is 29.5 Å². The third-order valence-electron chi connectivity index (χ3n) is 2.48. The molecule has 0 aliphatic heterocycles. The molecule has 0 unspecified atom stereocenters. The van der Waals surface area contributed by atoms with E-state index >= 15 is 0 Å². The van der Waals surface area contributed by atoms with Crippen molar-refractivity contribution in [2.24, 2.45) is 0 Å². The van der Waals surface area contributed by atoms with Gasteiger partial charge in [0.25, 0.3) is 0 Å². The van der Waals surface area contributed by atoms with Gasteiger partial charge >= 0.3 is 0 Å². The molecule has 1 aromatic heterocycles. The quantitative estimate of drug-likeness (QED) is 0.642. The lowest BCUT2D eigenvalue weighted by Gasteiger charge is -1.90. The van der Waals surface area contributed by atoms with Crippen LogP contribution < -0.4 is 0 Å². The monoisotopic (exact) mass is 198 g/mol. The summed E-state index contributed by atoms with van der Waals surface area (Å²) < 4.78 is 1.38. The van der Waals surface area contributed by atoms with Gasteiger partial charge in [0.15, 0.2) is 0 Å². The summed E-state index contributed by atoms with van der Waals surface area (Å²) in [6, 6.07) is 10.8. The Morgan fingerprint density at radius 2 is 2.07 bits per heavy atom. The number of hydrogen-bond donors (Lipinski definition) is 0. The van der Waals surface area contributed by atoms with Gasteiger partial charge in [0.1, 0.15) is 0 Å². The van der Waals surface area contributed by atoms with Crippen molar-refractivity contribution in [3.8, 4) is 0 Å². The topological polar surface area (TPSA) is 0 Å². The summed E-state index contributed by atoms with van der Waals surface area (Å²) in [5, 5.41) is 1.36. The van der Waals surface area contributed by atoms with Crippen LogP contribution in [-0.2, 0) is 0 Å². The number of benzene rings is 1. The summed E-state index contributed by atoms with van der Waals surface area (Å²) in [6.07, 6.45) is 7.79. The molecule has 14 heavy (non-hydrogen) atoms. The van der Waals surface area contributed by atoms with Gasteiger partial charge < -0.3 is 0 Å². The van der Waals surface area contributed by atoms with Crippen LogP contribution in [0.1, 0.15) is 11.3 Å². The molecule has 1 aliphatic rings. The molecule has 0 radical (unpaired) electrons. The smallest absolute Gasteiger partial charge is 0.0352 e. The lowest BCUT2D eigenvalue weighted by molar-refractivity contribution is 1.45. The second-order valence-electron chi connectivity index (χ2n) is 3.45. The minimum Gasteiger partial charge on any atom is -0.135 e. The first-order valence-electron chi connectivity index (χ1n) is 4.79. The molecule has 1 heterocycles. The molecular weight excluding hydrogens is 188 g/mol. The zero-order valence-electron chi connectivity index (χ0n) is 7.73. The first-order chi connectivity index (χ1) is 6.93. The third-order valence-corrected chi connectivity index (χ3v) is 3.65. The standard InChI is InChI=1S/C13H10S/c1-2-6-10(5-1)13-9-11-7-3-4-8-12(11)14-13/h1,3-9H,2H2. The second kappa shape index (κ2) is 3.10. The highest BCUT2D eigenvalue weighted by atomic mass is 32.1. The molecule has 0 nitrogen and oxygen atoms in total. The Morgan fingerprint density at radius 3 is 2.86 bits per heavy atom. The molecule has 0 spiro atoms. The highest BCUT2D eigenvalue weighted by molar-refractivity contribution is 7.20. The van der Waals surface area contributed by atoms with Crippen LogP contribution in [0.4, 0.5) is 0 Å². The number of thiophene rings is 1. The van der Waals surface area contributed by atoms with Gasteiger partial charge in [0.05, 0.1) is 0 Å². The maximum Gasteiger partial charge on any atom is 0.0352 e. The van der Waals surface area contributed by atoms with E-state index in [1.807, 2.05) is 11.3 Å². The third kappa shape index (κ3) is 1.21. The molecular formula is C13H10S. The van der Waals surface area contributed by atoms with Crippen LogP contribution >= 0.6 is 11.3 Å². The summed E-state index contributed by atoms with van der Waals surface area (Å²) in [4.78, 5) is 1.39.